The Labute approximate surface area is 106 Å². The van der Waals surface area contributed by atoms with E-state index in [2.05, 4.69) is 0 Å². The summed E-state index contributed by atoms with van der Waals surface area (Å²) in [4.78, 5) is 0. The molecule has 18 heavy (non-hydrogen) atoms. The van der Waals surface area contributed by atoms with Crippen molar-refractivity contribution < 1.29 is 4.39 Å². The first-order valence-corrected chi connectivity index (χ1v) is 5.68. The van der Waals surface area contributed by atoms with Crippen LogP contribution in [0.25, 0.3) is 0 Å². The molecule has 0 heterocycles. The number of hydrogen-bond donors (Lipinski definition) is 2. The lowest BCUT2D eigenvalue weighted by Crippen LogP contribution is -2.11. The second-order valence-corrected chi connectivity index (χ2v) is 4.04. The topological polar surface area (TPSA) is 49.9 Å². The van der Waals surface area contributed by atoms with Gasteiger partial charge in [0, 0.05) is 5.56 Å². The van der Waals surface area contributed by atoms with Crippen LogP contribution in [0.3, 0.4) is 0 Å². The fourth-order valence-corrected chi connectivity index (χ4v) is 1.70. The lowest BCUT2D eigenvalue weighted by molar-refractivity contribution is 0.613. The molecule has 0 bridgehead atoms. The number of amidine groups is 1. The molecule has 3 heteroatoms. The maximum Gasteiger partial charge on any atom is 0.127 e. The van der Waals surface area contributed by atoms with Gasteiger partial charge in [-0.05, 0) is 30.0 Å². The van der Waals surface area contributed by atoms with E-state index < -0.39 is 0 Å². The molecule has 0 aliphatic heterocycles. The van der Waals surface area contributed by atoms with Crippen molar-refractivity contribution in [2.24, 2.45) is 5.73 Å². The van der Waals surface area contributed by atoms with Crippen LogP contribution in [0.4, 0.5) is 4.39 Å². The Hall–Kier alpha value is -2.16. The van der Waals surface area contributed by atoms with Crippen LogP contribution >= 0.6 is 0 Å². The Bertz CT molecular complexity index is 550. The molecule has 1 radical (unpaired) electrons. The molecule has 0 aromatic heterocycles. The molecule has 3 N–H and O–H groups in total. The highest BCUT2D eigenvalue weighted by atomic mass is 19.1. The second-order valence-electron chi connectivity index (χ2n) is 4.04. The average molecular weight is 241 g/mol. The summed E-state index contributed by atoms with van der Waals surface area (Å²) in [5.74, 6) is -0.442. The molecule has 0 fully saturated rings. The quantitative estimate of drug-likeness (QED) is 0.627. The number of benzene rings is 2. The van der Waals surface area contributed by atoms with Crippen molar-refractivity contribution in [2.45, 2.75) is 6.42 Å². The predicted octanol–water partition coefficient (Wildman–Crippen LogP) is 2.90. The summed E-state index contributed by atoms with van der Waals surface area (Å²) in [6.07, 6.45) is 2.49. The molecular weight excluding hydrogens is 227 g/mol. The third kappa shape index (κ3) is 2.94. The molecule has 0 aliphatic carbocycles. The standard InChI is InChI=1S/C15H14FN2/c16-14-10-13(15(17)18)9-8-12(14)7-6-11-4-2-1-3-5-11/h1-6,8-10H,7H2,(H3,17,18). The zero-order valence-corrected chi connectivity index (χ0v) is 9.86. The van der Waals surface area contributed by atoms with E-state index in [1.54, 1.807) is 12.1 Å². The van der Waals surface area contributed by atoms with Gasteiger partial charge in [0.05, 0.1) is 0 Å². The van der Waals surface area contributed by atoms with Gasteiger partial charge in [-0.1, -0.05) is 42.5 Å². The minimum Gasteiger partial charge on any atom is -0.384 e. The highest BCUT2D eigenvalue weighted by Gasteiger charge is 2.05. The van der Waals surface area contributed by atoms with Crippen LogP contribution in [-0.2, 0) is 6.42 Å². The van der Waals surface area contributed by atoms with Gasteiger partial charge in [-0.2, -0.15) is 0 Å². The Balaban J connectivity index is 2.08. The summed E-state index contributed by atoms with van der Waals surface area (Å²) in [7, 11) is 0. The normalized spacial score (nSPS) is 10.3. The van der Waals surface area contributed by atoms with Crippen LogP contribution in [0.1, 0.15) is 16.7 Å². The molecule has 0 aliphatic rings. The van der Waals surface area contributed by atoms with E-state index in [9.17, 15) is 4.39 Å². The van der Waals surface area contributed by atoms with E-state index in [-0.39, 0.29) is 11.7 Å². The summed E-state index contributed by atoms with van der Waals surface area (Å²) in [5, 5.41) is 7.24. The monoisotopic (exact) mass is 241 g/mol. The zero-order valence-electron chi connectivity index (χ0n) is 9.86. The third-order valence-electron chi connectivity index (χ3n) is 2.72. The van der Waals surface area contributed by atoms with E-state index in [0.717, 1.165) is 5.56 Å². The first kappa shape index (κ1) is 12.3. The van der Waals surface area contributed by atoms with Gasteiger partial charge in [0.25, 0.3) is 0 Å². The van der Waals surface area contributed by atoms with Gasteiger partial charge >= 0.3 is 0 Å². The van der Waals surface area contributed by atoms with E-state index in [1.165, 1.54) is 6.07 Å². The molecular formula is C15H14FN2. The summed E-state index contributed by atoms with van der Waals surface area (Å²) in [6, 6.07) is 14.4. The number of rotatable bonds is 4. The van der Waals surface area contributed by atoms with Gasteiger partial charge < -0.3 is 5.73 Å². The Kier molecular flexibility index (Phi) is 3.72. The van der Waals surface area contributed by atoms with Crippen LogP contribution in [0.2, 0.25) is 0 Å². The SMILES string of the molecule is N=C(N)c1ccc(C[CH]c2ccccc2)c(F)c1. The van der Waals surface area contributed by atoms with Crippen molar-refractivity contribution in [3.05, 3.63) is 77.5 Å². The maximum absolute atomic E-state index is 13.7. The molecule has 0 atom stereocenters. The molecule has 0 spiro atoms. The Morgan fingerprint density at radius 2 is 1.89 bits per heavy atom. The average Bonchev–Trinajstić information content (AvgIpc) is 2.38. The number of nitrogens with one attached hydrogen (secondary N) is 1. The third-order valence-corrected chi connectivity index (χ3v) is 2.72. The highest BCUT2D eigenvalue weighted by molar-refractivity contribution is 5.94. The highest BCUT2D eigenvalue weighted by Crippen LogP contribution is 2.14. The lowest BCUT2D eigenvalue weighted by atomic mass is 10.0. The summed E-state index contributed by atoms with van der Waals surface area (Å²) in [6.45, 7) is 0. The van der Waals surface area contributed by atoms with Crippen molar-refractivity contribution >= 4 is 5.84 Å². The van der Waals surface area contributed by atoms with E-state index >= 15 is 0 Å². The molecule has 2 aromatic rings. The molecule has 0 saturated heterocycles. The van der Waals surface area contributed by atoms with Gasteiger partial charge in [-0.3, -0.25) is 5.41 Å². The fraction of sp³-hybridized carbons (Fsp3) is 0.0667. The number of nitrogens with two attached hydrogens (primary N) is 1. The molecule has 2 aromatic carbocycles. The van der Waals surface area contributed by atoms with Crippen LogP contribution in [0.15, 0.2) is 48.5 Å². The summed E-state index contributed by atoms with van der Waals surface area (Å²) in [5.41, 5.74) is 7.38. The van der Waals surface area contributed by atoms with E-state index in [1.807, 2.05) is 36.8 Å². The van der Waals surface area contributed by atoms with Gasteiger partial charge in [-0.15, -0.1) is 0 Å². The van der Waals surface area contributed by atoms with Crippen LogP contribution in [0, 0.1) is 17.6 Å². The first-order chi connectivity index (χ1) is 8.66. The van der Waals surface area contributed by atoms with Crippen molar-refractivity contribution in [3.63, 3.8) is 0 Å². The van der Waals surface area contributed by atoms with E-state index in [0.29, 0.717) is 17.5 Å². The fourth-order valence-electron chi connectivity index (χ4n) is 1.70. The Morgan fingerprint density at radius 3 is 2.50 bits per heavy atom. The van der Waals surface area contributed by atoms with Crippen molar-refractivity contribution in [1.82, 2.24) is 0 Å². The molecule has 2 nitrogen and oxygen atoms in total. The predicted molar refractivity (Wildman–Crippen MR) is 71.0 cm³/mol. The van der Waals surface area contributed by atoms with Gasteiger partial charge in [-0.25, -0.2) is 4.39 Å². The second kappa shape index (κ2) is 5.45. The van der Waals surface area contributed by atoms with Crippen molar-refractivity contribution in [2.75, 3.05) is 0 Å². The Morgan fingerprint density at radius 1 is 1.17 bits per heavy atom. The zero-order chi connectivity index (χ0) is 13.0. The minimum absolute atomic E-state index is 0.118. The minimum atomic E-state index is -0.324. The maximum atomic E-state index is 13.7. The molecule has 2 rings (SSSR count). The van der Waals surface area contributed by atoms with Crippen molar-refractivity contribution in [3.8, 4) is 0 Å². The van der Waals surface area contributed by atoms with Gasteiger partial charge in [0.1, 0.15) is 11.7 Å². The van der Waals surface area contributed by atoms with Crippen molar-refractivity contribution in [1.29, 1.82) is 5.41 Å². The van der Waals surface area contributed by atoms with Gasteiger partial charge in [0.15, 0.2) is 0 Å². The summed E-state index contributed by atoms with van der Waals surface area (Å²) < 4.78 is 13.7. The number of halogens is 1. The van der Waals surface area contributed by atoms with E-state index in [4.69, 9.17) is 11.1 Å². The largest absolute Gasteiger partial charge is 0.384 e. The summed E-state index contributed by atoms with van der Waals surface area (Å²) >= 11 is 0. The van der Waals surface area contributed by atoms with Gasteiger partial charge in [0.2, 0.25) is 0 Å². The smallest absolute Gasteiger partial charge is 0.127 e. The number of nitrogen functional groups attached to an aromatic ring is 1. The van der Waals surface area contributed by atoms with Crippen LogP contribution in [-0.4, -0.2) is 5.84 Å². The molecule has 0 unspecified atom stereocenters. The molecule has 91 valence electrons. The molecule has 0 amide bonds. The number of hydrogen-bond acceptors (Lipinski definition) is 1. The van der Waals surface area contributed by atoms with Crippen LogP contribution in [0.5, 0.6) is 0 Å². The molecule has 0 saturated carbocycles. The van der Waals surface area contributed by atoms with Crippen LogP contribution < -0.4 is 5.73 Å². The lowest BCUT2D eigenvalue weighted by Gasteiger charge is -2.05. The first-order valence-electron chi connectivity index (χ1n) is 5.68.